The van der Waals surface area contributed by atoms with E-state index in [1.165, 1.54) is 0 Å². The van der Waals surface area contributed by atoms with E-state index < -0.39 is 0 Å². The molecule has 0 aliphatic carbocycles. The molecule has 0 atom stereocenters. The van der Waals surface area contributed by atoms with E-state index in [1.54, 1.807) is 6.26 Å². The van der Waals surface area contributed by atoms with Crippen LogP contribution in [0.1, 0.15) is 18.2 Å². The predicted octanol–water partition coefficient (Wildman–Crippen LogP) is 2.72. The molecule has 96 valence electrons. The third-order valence-electron chi connectivity index (χ3n) is 2.46. The second-order valence-electron chi connectivity index (χ2n) is 3.79. The Morgan fingerprint density at radius 2 is 1.89 bits per heavy atom. The number of hydrogen-bond acceptors (Lipinski definition) is 4. The van der Waals surface area contributed by atoms with E-state index in [-0.39, 0.29) is 0 Å². The second kappa shape index (κ2) is 6.12. The molecule has 0 radical (unpaired) electrons. The van der Waals surface area contributed by atoms with Gasteiger partial charge in [0.15, 0.2) is 11.5 Å². The molecule has 4 nitrogen and oxygen atoms in total. The van der Waals surface area contributed by atoms with Crippen molar-refractivity contribution in [2.24, 2.45) is 5.73 Å². The van der Waals surface area contributed by atoms with Crippen LogP contribution in [0.4, 0.5) is 0 Å². The Morgan fingerprint density at radius 1 is 1.17 bits per heavy atom. The minimum atomic E-state index is 0.365. The van der Waals surface area contributed by atoms with E-state index in [2.05, 4.69) is 0 Å². The molecule has 0 aliphatic rings. The van der Waals surface area contributed by atoms with Crippen molar-refractivity contribution < 1.29 is 13.9 Å². The van der Waals surface area contributed by atoms with E-state index in [4.69, 9.17) is 19.6 Å². The molecular weight excluding hydrogens is 230 g/mol. The molecule has 0 spiro atoms. The van der Waals surface area contributed by atoms with Crippen molar-refractivity contribution in [2.45, 2.75) is 20.1 Å². The first-order valence-corrected chi connectivity index (χ1v) is 5.94. The molecule has 0 unspecified atom stereocenters. The van der Waals surface area contributed by atoms with Gasteiger partial charge in [-0.15, -0.1) is 0 Å². The maximum absolute atomic E-state index is 5.67. The summed E-state index contributed by atoms with van der Waals surface area (Å²) >= 11 is 0. The number of ether oxygens (including phenoxy) is 2. The van der Waals surface area contributed by atoms with Crippen LogP contribution in [0.15, 0.2) is 41.0 Å². The minimum absolute atomic E-state index is 0.365. The number of benzene rings is 1. The molecule has 2 rings (SSSR count). The van der Waals surface area contributed by atoms with Gasteiger partial charge in [0.2, 0.25) is 0 Å². The first kappa shape index (κ1) is 12.5. The van der Waals surface area contributed by atoms with Crippen molar-refractivity contribution in [3.63, 3.8) is 0 Å². The quantitative estimate of drug-likeness (QED) is 0.852. The summed E-state index contributed by atoms with van der Waals surface area (Å²) in [5.74, 6) is 2.21. The monoisotopic (exact) mass is 247 g/mol. The third kappa shape index (κ3) is 3.05. The number of nitrogens with two attached hydrogens (primary N) is 1. The molecule has 2 aromatic rings. The summed E-state index contributed by atoms with van der Waals surface area (Å²) in [6, 6.07) is 9.47. The highest BCUT2D eigenvalue weighted by Crippen LogP contribution is 2.27. The topological polar surface area (TPSA) is 57.6 Å². The molecule has 1 aromatic carbocycles. The summed E-state index contributed by atoms with van der Waals surface area (Å²) in [6.45, 7) is 3.39. The summed E-state index contributed by atoms with van der Waals surface area (Å²) in [4.78, 5) is 0. The SMILES string of the molecule is CCOc1ccccc1OCc1cc(CN)co1. The molecule has 0 amide bonds. The van der Waals surface area contributed by atoms with E-state index in [1.807, 2.05) is 37.3 Å². The molecule has 4 heteroatoms. The molecule has 1 aromatic heterocycles. The van der Waals surface area contributed by atoms with Gasteiger partial charge in [0, 0.05) is 12.1 Å². The maximum Gasteiger partial charge on any atom is 0.161 e. The molecule has 0 saturated carbocycles. The molecule has 0 fully saturated rings. The van der Waals surface area contributed by atoms with Gasteiger partial charge < -0.3 is 19.6 Å². The average Bonchev–Trinajstić information content (AvgIpc) is 2.86. The third-order valence-corrected chi connectivity index (χ3v) is 2.46. The second-order valence-corrected chi connectivity index (χ2v) is 3.79. The van der Waals surface area contributed by atoms with Gasteiger partial charge >= 0.3 is 0 Å². The fraction of sp³-hybridized carbons (Fsp3) is 0.286. The van der Waals surface area contributed by atoms with Crippen LogP contribution in [0.25, 0.3) is 0 Å². The van der Waals surface area contributed by atoms with E-state index in [0.717, 1.165) is 17.1 Å². The lowest BCUT2D eigenvalue weighted by molar-refractivity contribution is 0.247. The van der Waals surface area contributed by atoms with Crippen LogP contribution < -0.4 is 15.2 Å². The first-order chi connectivity index (χ1) is 8.83. The van der Waals surface area contributed by atoms with Gasteiger partial charge in [0.1, 0.15) is 12.4 Å². The highest BCUT2D eigenvalue weighted by molar-refractivity contribution is 5.39. The summed E-state index contributed by atoms with van der Waals surface area (Å²) < 4.78 is 16.5. The molecule has 0 aliphatic heterocycles. The maximum atomic E-state index is 5.67. The Kier molecular flexibility index (Phi) is 4.25. The Labute approximate surface area is 106 Å². The fourth-order valence-electron chi connectivity index (χ4n) is 1.60. The van der Waals surface area contributed by atoms with Gasteiger partial charge in [0.25, 0.3) is 0 Å². The van der Waals surface area contributed by atoms with Crippen molar-refractivity contribution in [1.82, 2.24) is 0 Å². The van der Waals surface area contributed by atoms with Gasteiger partial charge in [0.05, 0.1) is 12.9 Å². The van der Waals surface area contributed by atoms with E-state index in [0.29, 0.717) is 25.5 Å². The van der Waals surface area contributed by atoms with Crippen molar-refractivity contribution in [2.75, 3.05) is 6.61 Å². The Hall–Kier alpha value is -1.94. The molecular formula is C14H17NO3. The van der Waals surface area contributed by atoms with Crippen LogP contribution in [0, 0.1) is 0 Å². The van der Waals surface area contributed by atoms with Crippen molar-refractivity contribution in [1.29, 1.82) is 0 Å². The number of hydrogen-bond donors (Lipinski definition) is 1. The van der Waals surface area contributed by atoms with Crippen molar-refractivity contribution >= 4 is 0 Å². The summed E-state index contributed by atoms with van der Waals surface area (Å²) in [5, 5.41) is 0. The average molecular weight is 247 g/mol. The largest absolute Gasteiger partial charge is 0.490 e. The van der Waals surface area contributed by atoms with Crippen LogP contribution in [0.2, 0.25) is 0 Å². The lowest BCUT2D eigenvalue weighted by atomic mass is 10.3. The highest BCUT2D eigenvalue weighted by atomic mass is 16.5. The van der Waals surface area contributed by atoms with Crippen LogP contribution in [-0.2, 0) is 13.2 Å². The molecule has 0 saturated heterocycles. The van der Waals surface area contributed by atoms with Crippen LogP contribution >= 0.6 is 0 Å². The summed E-state index contributed by atoms with van der Waals surface area (Å²) in [7, 11) is 0. The highest BCUT2D eigenvalue weighted by Gasteiger charge is 2.06. The van der Waals surface area contributed by atoms with Crippen molar-refractivity contribution in [3.8, 4) is 11.5 Å². The summed E-state index contributed by atoms with van der Waals surface area (Å²) in [6.07, 6.45) is 1.65. The van der Waals surface area contributed by atoms with Gasteiger partial charge in [-0.05, 0) is 25.1 Å². The smallest absolute Gasteiger partial charge is 0.161 e. The van der Waals surface area contributed by atoms with Crippen LogP contribution in [0.5, 0.6) is 11.5 Å². The van der Waals surface area contributed by atoms with Crippen molar-refractivity contribution in [3.05, 3.63) is 47.9 Å². The van der Waals surface area contributed by atoms with E-state index in [9.17, 15) is 0 Å². The summed E-state index contributed by atoms with van der Waals surface area (Å²) in [5.41, 5.74) is 6.48. The number of rotatable bonds is 6. The van der Waals surface area contributed by atoms with Crippen LogP contribution in [0.3, 0.4) is 0 Å². The van der Waals surface area contributed by atoms with Gasteiger partial charge in [-0.3, -0.25) is 0 Å². The van der Waals surface area contributed by atoms with Gasteiger partial charge in [-0.25, -0.2) is 0 Å². The van der Waals surface area contributed by atoms with Gasteiger partial charge in [-0.2, -0.15) is 0 Å². The predicted molar refractivity (Wildman–Crippen MR) is 68.5 cm³/mol. The zero-order chi connectivity index (χ0) is 12.8. The normalized spacial score (nSPS) is 10.3. The lowest BCUT2D eigenvalue weighted by Gasteiger charge is -2.10. The zero-order valence-electron chi connectivity index (χ0n) is 10.4. The standard InChI is InChI=1S/C14H17NO3/c1-2-16-13-5-3-4-6-14(13)18-10-12-7-11(8-15)9-17-12/h3-7,9H,2,8,10,15H2,1H3. The number of para-hydroxylation sites is 2. The van der Waals surface area contributed by atoms with Gasteiger partial charge in [-0.1, -0.05) is 12.1 Å². The van der Waals surface area contributed by atoms with E-state index >= 15 is 0 Å². The fourth-order valence-corrected chi connectivity index (χ4v) is 1.60. The molecule has 18 heavy (non-hydrogen) atoms. The first-order valence-electron chi connectivity index (χ1n) is 5.94. The molecule has 1 heterocycles. The Balaban J connectivity index is 2.01. The Bertz CT molecular complexity index is 493. The zero-order valence-corrected chi connectivity index (χ0v) is 10.4. The number of furan rings is 1. The minimum Gasteiger partial charge on any atom is -0.490 e. The van der Waals surface area contributed by atoms with Crippen LogP contribution in [-0.4, -0.2) is 6.61 Å². The Morgan fingerprint density at radius 3 is 2.50 bits per heavy atom. The molecule has 2 N–H and O–H groups in total. The lowest BCUT2D eigenvalue weighted by Crippen LogP contribution is -1.98. The molecule has 0 bridgehead atoms.